The Morgan fingerprint density at radius 2 is 1.79 bits per heavy atom. The van der Waals surface area contributed by atoms with Gasteiger partial charge in [-0.05, 0) is 38.0 Å². The molecular weight excluding hydrogens is 371 g/mol. The number of carbonyl (C=O) groups excluding carboxylic acids is 1. The van der Waals surface area contributed by atoms with E-state index in [1.54, 1.807) is 13.0 Å². The number of hydrogen-bond acceptors (Lipinski definition) is 3. The molecule has 2 heterocycles. The molecule has 0 unspecified atom stereocenters. The molecule has 2 N–H and O–H groups in total. The maximum Gasteiger partial charge on any atom is 0.416 e. The van der Waals surface area contributed by atoms with Gasteiger partial charge in [-0.1, -0.05) is 31.4 Å². The van der Waals surface area contributed by atoms with E-state index < -0.39 is 17.3 Å². The highest BCUT2D eigenvalue weighted by atomic mass is 19.4. The molecule has 2 aliphatic rings. The van der Waals surface area contributed by atoms with Crippen LogP contribution >= 0.6 is 0 Å². The summed E-state index contributed by atoms with van der Waals surface area (Å²) in [6.07, 6.45) is -0.126. The lowest BCUT2D eigenvalue weighted by molar-refractivity contribution is -0.137. The highest BCUT2D eigenvalue weighted by molar-refractivity contribution is 6.17. The predicted octanol–water partition coefficient (Wildman–Crippen LogP) is 4.44. The van der Waals surface area contributed by atoms with E-state index in [4.69, 9.17) is 0 Å². The van der Waals surface area contributed by atoms with E-state index in [-0.39, 0.29) is 17.4 Å². The van der Waals surface area contributed by atoms with Crippen molar-refractivity contribution in [2.24, 2.45) is 0 Å². The lowest BCUT2D eigenvalue weighted by atomic mass is 9.81. The molecule has 1 fully saturated rings. The minimum Gasteiger partial charge on any atom is -0.507 e. The largest absolute Gasteiger partial charge is 0.507 e. The molecule has 1 saturated carbocycles. The third-order valence-electron chi connectivity index (χ3n) is 5.56. The number of aromatic nitrogens is 2. The Hall–Kier alpha value is -2.77. The van der Waals surface area contributed by atoms with Gasteiger partial charge in [-0.3, -0.25) is 4.79 Å². The van der Waals surface area contributed by atoms with Gasteiger partial charge in [-0.25, -0.2) is 4.68 Å². The second kappa shape index (κ2) is 6.39. The van der Waals surface area contributed by atoms with Crippen LogP contribution in [0.5, 0.6) is 0 Å². The second-order valence-corrected chi connectivity index (χ2v) is 7.45. The number of benzene rings is 1. The minimum absolute atomic E-state index is 0.00219. The predicted molar refractivity (Wildman–Crippen MR) is 97.2 cm³/mol. The third-order valence-corrected chi connectivity index (χ3v) is 5.56. The molecule has 8 heteroatoms. The normalized spacial score (nSPS) is 19.4. The van der Waals surface area contributed by atoms with Gasteiger partial charge in [0, 0.05) is 11.3 Å². The van der Waals surface area contributed by atoms with Crippen LogP contribution < -0.4 is 5.32 Å². The summed E-state index contributed by atoms with van der Waals surface area (Å²) >= 11 is 0. The molecule has 5 nitrogen and oxygen atoms in total. The summed E-state index contributed by atoms with van der Waals surface area (Å²) in [7, 11) is 0. The van der Waals surface area contributed by atoms with Crippen molar-refractivity contribution in [3.63, 3.8) is 0 Å². The molecular formula is C20H20F3N3O2. The fourth-order valence-corrected chi connectivity index (χ4v) is 4.06. The molecule has 1 amide bonds. The monoisotopic (exact) mass is 391 g/mol. The molecule has 1 aliphatic carbocycles. The zero-order valence-corrected chi connectivity index (χ0v) is 15.3. The Labute approximate surface area is 159 Å². The van der Waals surface area contributed by atoms with E-state index in [1.165, 1.54) is 16.8 Å². The number of nitrogens with one attached hydrogen (secondary N) is 1. The first kappa shape index (κ1) is 18.6. The van der Waals surface area contributed by atoms with E-state index in [1.807, 2.05) is 0 Å². The van der Waals surface area contributed by atoms with Crippen molar-refractivity contribution in [1.29, 1.82) is 0 Å². The molecule has 28 heavy (non-hydrogen) atoms. The molecule has 0 saturated heterocycles. The van der Waals surface area contributed by atoms with Gasteiger partial charge in [0.2, 0.25) is 0 Å². The first-order valence-corrected chi connectivity index (χ1v) is 9.22. The third kappa shape index (κ3) is 2.96. The lowest BCUT2D eigenvalue weighted by Crippen LogP contribution is -2.46. The van der Waals surface area contributed by atoms with Crippen LogP contribution in [0.25, 0.3) is 17.0 Å². The Morgan fingerprint density at radius 3 is 2.39 bits per heavy atom. The number of alkyl halides is 3. The van der Waals surface area contributed by atoms with Gasteiger partial charge in [-0.15, -0.1) is 0 Å². The van der Waals surface area contributed by atoms with Crippen LogP contribution in [-0.2, 0) is 11.0 Å². The van der Waals surface area contributed by atoms with Crippen molar-refractivity contribution in [2.45, 2.75) is 50.7 Å². The molecule has 1 spiro atoms. The topological polar surface area (TPSA) is 67.2 Å². The van der Waals surface area contributed by atoms with Crippen molar-refractivity contribution < 1.29 is 23.1 Å². The molecule has 4 rings (SSSR count). The number of aliphatic hydroxyl groups excluding tert-OH is 1. The number of hydrogen-bond donors (Lipinski definition) is 2. The summed E-state index contributed by atoms with van der Waals surface area (Å²) in [6.45, 7) is 1.74. The maximum absolute atomic E-state index is 12.8. The van der Waals surface area contributed by atoms with Gasteiger partial charge in [0.05, 0.1) is 16.8 Å². The highest BCUT2D eigenvalue weighted by Gasteiger charge is 2.47. The fraction of sp³-hybridized carbons (Fsp3) is 0.400. The van der Waals surface area contributed by atoms with Crippen molar-refractivity contribution in [2.75, 3.05) is 0 Å². The van der Waals surface area contributed by atoms with Crippen LogP contribution in [-0.4, -0.2) is 26.3 Å². The molecule has 0 radical (unpaired) electrons. The number of amides is 1. The van der Waals surface area contributed by atoms with E-state index in [9.17, 15) is 23.1 Å². The number of carbonyl (C=O) groups is 1. The Kier molecular flexibility index (Phi) is 4.24. The number of aliphatic hydroxyl groups is 1. The van der Waals surface area contributed by atoms with Crippen LogP contribution in [0.4, 0.5) is 13.2 Å². The Bertz CT molecular complexity index is 952. The van der Waals surface area contributed by atoms with Crippen LogP contribution in [0.2, 0.25) is 0 Å². The van der Waals surface area contributed by atoms with E-state index in [0.29, 0.717) is 29.8 Å². The van der Waals surface area contributed by atoms with Gasteiger partial charge < -0.3 is 10.4 Å². The van der Waals surface area contributed by atoms with Crippen molar-refractivity contribution in [3.8, 4) is 11.3 Å². The number of nitrogens with zero attached hydrogens (tertiary/aromatic N) is 2. The van der Waals surface area contributed by atoms with E-state index >= 15 is 0 Å². The quantitative estimate of drug-likeness (QED) is 0.796. The van der Waals surface area contributed by atoms with Gasteiger partial charge >= 0.3 is 6.18 Å². The molecule has 2 aromatic rings. The summed E-state index contributed by atoms with van der Waals surface area (Å²) in [5, 5.41) is 18.1. The highest BCUT2D eigenvalue weighted by Crippen LogP contribution is 2.40. The molecule has 0 bridgehead atoms. The van der Waals surface area contributed by atoms with Crippen molar-refractivity contribution in [1.82, 2.24) is 15.1 Å². The van der Waals surface area contributed by atoms with Crippen molar-refractivity contribution in [3.05, 3.63) is 47.3 Å². The van der Waals surface area contributed by atoms with Gasteiger partial charge in [0.25, 0.3) is 5.91 Å². The molecule has 1 aromatic heterocycles. The maximum atomic E-state index is 12.8. The first-order chi connectivity index (χ1) is 13.2. The number of halogens is 3. The van der Waals surface area contributed by atoms with E-state index in [2.05, 4.69) is 10.4 Å². The van der Waals surface area contributed by atoms with E-state index in [0.717, 1.165) is 31.4 Å². The summed E-state index contributed by atoms with van der Waals surface area (Å²) < 4.78 is 39.6. The Balaban J connectivity index is 1.71. The molecule has 1 aliphatic heterocycles. The second-order valence-electron chi connectivity index (χ2n) is 7.45. The van der Waals surface area contributed by atoms with Crippen molar-refractivity contribution >= 4 is 11.6 Å². The SMILES string of the molecule is Cc1cc(-c2ccc(C(F)(F)F)cc2)nn1C1=C(O)C2(CCCCC2)NC1=O. The summed E-state index contributed by atoms with van der Waals surface area (Å²) in [5.41, 5.74) is 0.182. The molecule has 1 aromatic carbocycles. The number of aryl methyl sites for hydroxylation is 1. The average Bonchev–Trinajstić information content (AvgIpc) is 3.13. The fourth-order valence-electron chi connectivity index (χ4n) is 4.06. The summed E-state index contributed by atoms with van der Waals surface area (Å²) in [4.78, 5) is 12.6. The number of rotatable bonds is 2. The standard InChI is InChI=1S/C20H20F3N3O2/c1-12-11-15(13-5-7-14(8-6-13)20(21,22)23)25-26(12)16-17(27)19(24-18(16)28)9-3-2-4-10-19/h5-8,11,27H,2-4,9-10H2,1H3,(H,24,28). The van der Waals surface area contributed by atoms with Crippen LogP contribution in [0.15, 0.2) is 36.1 Å². The zero-order chi connectivity index (χ0) is 20.1. The van der Waals surface area contributed by atoms with Crippen LogP contribution in [0.1, 0.15) is 43.4 Å². The van der Waals surface area contributed by atoms with Gasteiger partial charge in [0.1, 0.15) is 5.76 Å². The van der Waals surface area contributed by atoms with Gasteiger partial charge in [-0.2, -0.15) is 18.3 Å². The van der Waals surface area contributed by atoms with Crippen LogP contribution in [0.3, 0.4) is 0 Å². The smallest absolute Gasteiger partial charge is 0.416 e. The molecule has 148 valence electrons. The summed E-state index contributed by atoms with van der Waals surface area (Å²) in [6, 6.07) is 6.38. The van der Waals surface area contributed by atoms with Crippen LogP contribution in [0, 0.1) is 6.92 Å². The molecule has 0 atom stereocenters. The minimum atomic E-state index is -4.40. The van der Waals surface area contributed by atoms with Gasteiger partial charge in [0.15, 0.2) is 5.70 Å². The summed E-state index contributed by atoms with van der Waals surface area (Å²) in [5.74, 6) is -0.382. The zero-order valence-electron chi connectivity index (χ0n) is 15.3. The first-order valence-electron chi connectivity index (χ1n) is 9.22. The Morgan fingerprint density at radius 1 is 1.14 bits per heavy atom. The lowest BCUT2D eigenvalue weighted by Gasteiger charge is -2.33. The average molecular weight is 391 g/mol.